The van der Waals surface area contributed by atoms with Crippen molar-refractivity contribution in [3.05, 3.63) is 58.7 Å². The van der Waals surface area contributed by atoms with Gasteiger partial charge < -0.3 is 4.90 Å². The molecule has 0 bridgehead atoms. The zero-order valence-corrected chi connectivity index (χ0v) is 12.3. The smallest absolute Gasteiger partial charge is 0.132 e. The van der Waals surface area contributed by atoms with E-state index in [1.165, 1.54) is 5.56 Å². The molecule has 0 aliphatic heterocycles. The fourth-order valence-electron chi connectivity index (χ4n) is 2.00. The van der Waals surface area contributed by atoms with Crippen LogP contribution < -0.4 is 4.90 Å². The number of hydrogen-bond acceptors (Lipinski definition) is 3. The third-order valence-electron chi connectivity index (χ3n) is 3.02. The maximum Gasteiger partial charge on any atom is 0.132 e. The summed E-state index contributed by atoms with van der Waals surface area (Å²) < 4.78 is 0. The van der Waals surface area contributed by atoms with Gasteiger partial charge in [0.2, 0.25) is 0 Å². The van der Waals surface area contributed by atoms with Gasteiger partial charge in [0.05, 0.1) is 11.6 Å². The van der Waals surface area contributed by atoms with Crippen LogP contribution in [0.5, 0.6) is 0 Å². The molecule has 1 aromatic heterocycles. The summed E-state index contributed by atoms with van der Waals surface area (Å²) in [5, 5.41) is 9.39. The van der Waals surface area contributed by atoms with Crippen molar-refractivity contribution in [1.29, 1.82) is 5.26 Å². The Morgan fingerprint density at radius 2 is 1.95 bits per heavy atom. The normalized spacial score (nSPS) is 10.3. The number of rotatable bonds is 4. The third kappa shape index (κ3) is 3.49. The van der Waals surface area contributed by atoms with E-state index < -0.39 is 0 Å². The van der Waals surface area contributed by atoms with Crippen LogP contribution in [0.2, 0.25) is 5.15 Å². The topological polar surface area (TPSA) is 39.9 Å². The van der Waals surface area contributed by atoms with Crippen LogP contribution in [0.1, 0.15) is 25.0 Å². The maximum absolute atomic E-state index is 9.04. The number of nitrogens with zero attached hydrogens (tertiary/aromatic N) is 3. The summed E-state index contributed by atoms with van der Waals surface area (Å²) in [6.07, 6.45) is 0. The molecule has 0 unspecified atom stereocenters. The van der Waals surface area contributed by atoms with Gasteiger partial charge in [-0.05, 0) is 31.5 Å². The molecule has 0 spiro atoms. The van der Waals surface area contributed by atoms with E-state index in [1.54, 1.807) is 12.1 Å². The fraction of sp³-hybridized carbons (Fsp3) is 0.250. The molecular weight excluding hydrogens is 270 g/mol. The van der Waals surface area contributed by atoms with Crippen molar-refractivity contribution in [2.75, 3.05) is 4.90 Å². The summed E-state index contributed by atoms with van der Waals surface area (Å²) in [7, 11) is 0. The van der Waals surface area contributed by atoms with Gasteiger partial charge in [0.15, 0.2) is 0 Å². The maximum atomic E-state index is 9.04. The standard InChI is InChI=1S/C16H16ClN3/c1-12(2)20(11-13-6-4-3-5-7-13)16-9-14(10-18)8-15(17)19-16/h3-9,12H,11H2,1-2H3. The minimum Gasteiger partial charge on any atom is -0.350 e. The molecule has 4 heteroatoms. The van der Waals surface area contributed by atoms with Crippen molar-refractivity contribution in [3.8, 4) is 6.07 Å². The van der Waals surface area contributed by atoms with Crippen LogP contribution >= 0.6 is 11.6 Å². The van der Waals surface area contributed by atoms with E-state index in [-0.39, 0.29) is 6.04 Å². The van der Waals surface area contributed by atoms with Crippen molar-refractivity contribution in [2.24, 2.45) is 0 Å². The molecule has 2 aromatic rings. The molecule has 0 aliphatic carbocycles. The van der Waals surface area contributed by atoms with Crippen LogP contribution in [0.25, 0.3) is 0 Å². The van der Waals surface area contributed by atoms with E-state index in [4.69, 9.17) is 16.9 Å². The first kappa shape index (κ1) is 14.4. The van der Waals surface area contributed by atoms with Crippen LogP contribution in [0.3, 0.4) is 0 Å². The predicted octanol–water partition coefficient (Wildman–Crippen LogP) is 4.02. The van der Waals surface area contributed by atoms with Gasteiger partial charge in [-0.15, -0.1) is 0 Å². The zero-order chi connectivity index (χ0) is 14.5. The van der Waals surface area contributed by atoms with Gasteiger partial charge in [-0.3, -0.25) is 0 Å². The highest BCUT2D eigenvalue weighted by Gasteiger charge is 2.14. The number of nitriles is 1. The second-order valence-electron chi connectivity index (χ2n) is 4.86. The highest BCUT2D eigenvalue weighted by Crippen LogP contribution is 2.22. The number of anilines is 1. The molecule has 0 atom stereocenters. The van der Waals surface area contributed by atoms with Crippen molar-refractivity contribution in [2.45, 2.75) is 26.4 Å². The minimum absolute atomic E-state index is 0.257. The summed E-state index contributed by atoms with van der Waals surface area (Å²) >= 11 is 5.99. The monoisotopic (exact) mass is 285 g/mol. The van der Waals surface area contributed by atoms with Gasteiger partial charge in [0, 0.05) is 12.6 Å². The number of benzene rings is 1. The number of hydrogen-bond donors (Lipinski definition) is 0. The van der Waals surface area contributed by atoms with Gasteiger partial charge in [-0.2, -0.15) is 5.26 Å². The third-order valence-corrected chi connectivity index (χ3v) is 3.22. The highest BCUT2D eigenvalue weighted by atomic mass is 35.5. The molecule has 0 saturated heterocycles. The van der Waals surface area contributed by atoms with E-state index >= 15 is 0 Å². The van der Waals surface area contributed by atoms with E-state index in [0.29, 0.717) is 10.7 Å². The number of pyridine rings is 1. The van der Waals surface area contributed by atoms with Gasteiger partial charge >= 0.3 is 0 Å². The lowest BCUT2D eigenvalue weighted by molar-refractivity contribution is 0.672. The predicted molar refractivity (Wildman–Crippen MR) is 81.7 cm³/mol. The molecule has 0 saturated carbocycles. The Labute approximate surface area is 124 Å². The Bertz CT molecular complexity index is 617. The van der Waals surface area contributed by atoms with E-state index in [1.807, 2.05) is 18.2 Å². The summed E-state index contributed by atoms with van der Waals surface area (Å²) in [5.41, 5.74) is 1.72. The Morgan fingerprint density at radius 1 is 1.25 bits per heavy atom. The molecule has 1 heterocycles. The van der Waals surface area contributed by atoms with Gasteiger partial charge in [0.25, 0.3) is 0 Å². The van der Waals surface area contributed by atoms with Gasteiger partial charge in [-0.25, -0.2) is 4.98 Å². The Balaban J connectivity index is 2.34. The van der Waals surface area contributed by atoms with Gasteiger partial charge in [-0.1, -0.05) is 41.9 Å². The van der Waals surface area contributed by atoms with Crippen LogP contribution in [-0.2, 0) is 6.54 Å². The van der Waals surface area contributed by atoms with Crippen LogP contribution in [0, 0.1) is 11.3 Å². The lowest BCUT2D eigenvalue weighted by atomic mass is 10.2. The number of halogens is 1. The Hall–Kier alpha value is -2.05. The van der Waals surface area contributed by atoms with E-state index in [9.17, 15) is 0 Å². The Morgan fingerprint density at radius 3 is 2.55 bits per heavy atom. The zero-order valence-electron chi connectivity index (χ0n) is 11.5. The molecule has 0 amide bonds. The first-order chi connectivity index (χ1) is 9.60. The van der Waals surface area contributed by atoms with Crippen molar-refractivity contribution < 1.29 is 0 Å². The lowest BCUT2D eigenvalue weighted by Crippen LogP contribution is -2.31. The van der Waals surface area contributed by atoms with Gasteiger partial charge in [0.1, 0.15) is 11.0 Å². The average Bonchev–Trinajstić information content (AvgIpc) is 2.44. The Kier molecular flexibility index (Phi) is 4.60. The largest absolute Gasteiger partial charge is 0.350 e. The minimum atomic E-state index is 0.257. The summed E-state index contributed by atoms with van der Waals surface area (Å²) in [4.78, 5) is 6.47. The molecular formula is C16H16ClN3. The van der Waals surface area contributed by atoms with Crippen molar-refractivity contribution in [1.82, 2.24) is 4.98 Å². The molecule has 0 N–H and O–H groups in total. The molecule has 0 fully saturated rings. The second kappa shape index (κ2) is 6.40. The highest BCUT2D eigenvalue weighted by molar-refractivity contribution is 6.29. The lowest BCUT2D eigenvalue weighted by Gasteiger charge is -2.28. The SMILES string of the molecule is CC(C)N(Cc1ccccc1)c1cc(C#N)cc(Cl)n1. The molecule has 102 valence electrons. The molecule has 0 aliphatic rings. The van der Waals surface area contributed by atoms with Crippen molar-refractivity contribution >= 4 is 17.4 Å². The second-order valence-corrected chi connectivity index (χ2v) is 5.24. The average molecular weight is 286 g/mol. The van der Waals surface area contributed by atoms with Crippen molar-refractivity contribution in [3.63, 3.8) is 0 Å². The van der Waals surface area contributed by atoms with Crippen LogP contribution in [0.15, 0.2) is 42.5 Å². The first-order valence-corrected chi connectivity index (χ1v) is 6.86. The number of aromatic nitrogens is 1. The molecule has 2 rings (SSSR count). The summed E-state index contributed by atoms with van der Waals surface area (Å²) in [6, 6.07) is 15.9. The van der Waals surface area contributed by atoms with Crippen LogP contribution in [0.4, 0.5) is 5.82 Å². The van der Waals surface area contributed by atoms with E-state index in [0.717, 1.165) is 12.4 Å². The first-order valence-electron chi connectivity index (χ1n) is 6.48. The fourth-order valence-corrected chi connectivity index (χ4v) is 2.21. The molecule has 1 aromatic carbocycles. The molecule has 20 heavy (non-hydrogen) atoms. The quantitative estimate of drug-likeness (QED) is 0.797. The molecule has 0 radical (unpaired) electrons. The summed E-state index contributed by atoms with van der Waals surface area (Å²) in [6.45, 7) is 4.92. The molecule has 3 nitrogen and oxygen atoms in total. The van der Waals surface area contributed by atoms with Crippen LogP contribution in [-0.4, -0.2) is 11.0 Å². The summed E-state index contributed by atoms with van der Waals surface area (Å²) in [5.74, 6) is 0.730. The van der Waals surface area contributed by atoms with E-state index in [2.05, 4.69) is 41.9 Å².